The van der Waals surface area contributed by atoms with Crippen molar-refractivity contribution in [2.24, 2.45) is 0 Å². The fraction of sp³-hybridized carbons (Fsp3) is 0.562. The van der Waals surface area contributed by atoms with Crippen molar-refractivity contribution in [1.29, 1.82) is 0 Å². The van der Waals surface area contributed by atoms with E-state index >= 15 is 0 Å². The van der Waals surface area contributed by atoms with Crippen molar-refractivity contribution in [3.05, 3.63) is 35.4 Å². The number of benzene rings is 1. The maximum atomic E-state index is 12.8. The third-order valence-corrected chi connectivity index (χ3v) is 4.43. The number of hydrogen-bond acceptors (Lipinski definition) is 2. The molecule has 1 fully saturated rings. The van der Waals surface area contributed by atoms with Crippen LogP contribution in [0.25, 0.3) is 0 Å². The summed E-state index contributed by atoms with van der Waals surface area (Å²) < 4.78 is 0. The van der Waals surface area contributed by atoms with Crippen LogP contribution < -0.4 is 0 Å². The number of aliphatic hydroxyl groups is 1. The number of nitrogens with zero attached hydrogens (tertiary/aromatic N) is 1. The van der Waals surface area contributed by atoms with Gasteiger partial charge in [0.25, 0.3) is 0 Å². The second-order valence-corrected chi connectivity index (χ2v) is 5.75. The monoisotopic (exact) mass is 261 g/mol. The van der Waals surface area contributed by atoms with Gasteiger partial charge in [0.05, 0.1) is 18.1 Å². The molecule has 0 heterocycles. The lowest BCUT2D eigenvalue weighted by Gasteiger charge is -2.44. The number of carbonyl (C=O) groups is 1. The first kappa shape index (κ1) is 14.1. The summed E-state index contributed by atoms with van der Waals surface area (Å²) in [5.41, 5.74) is 1.96. The van der Waals surface area contributed by atoms with E-state index in [2.05, 4.69) is 25.1 Å². The predicted octanol–water partition coefficient (Wildman–Crippen LogP) is 2.26. The van der Waals surface area contributed by atoms with Gasteiger partial charge in [0.2, 0.25) is 5.91 Å². The lowest BCUT2D eigenvalue weighted by atomic mass is 9.63. The van der Waals surface area contributed by atoms with Crippen LogP contribution in [-0.2, 0) is 10.2 Å². The number of hydrogen-bond donors (Lipinski definition) is 1. The average molecular weight is 261 g/mol. The van der Waals surface area contributed by atoms with Crippen molar-refractivity contribution in [2.75, 3.05) is 13.7 Å². The highest BCUT2D eigenvalue weighted by atomic mass is 16.3. The molecule has 1 aliphatic rings. The molecule has 0 radical (unpaired) electrons. The molecule has 3 nitrogen and oxygen atoms in total. The normalized spacial score (nSPS) is 18.5. The van der Waals surface area contributed by atoms with E-state index in [4.69, 9.17) is 0 Å². The summed E-state index contributed by atoms with van der Waals surface area (Å²) in [6, 6.07) is 8.12. The van der Waals surface area contributed by atoms with Crippen LogP contribution in [0, 0.1) is 6.92 Å². The molecule has 0 bridgehead atoms. The van der Waals surface area contributed by atoms with E-state index in [1.165, 1.54) is 5.56 Å². The number of amides is 1. The number of rotatable bonds is 4. The maximum Gasteiger partial charge on any atom is 0.233 e. The molecule has 0 saturated heterocycles. The zero-order valence-corrected chi connectivity index (χ0v) is 12.0. The van der Waals surface area contributed by atoms with E-state index in [0.717, 1.165) is 24.8 Å². The fourth-order valence-corrected chi connectivity index (χ4v) is 2.76. The summed E-state index contributed by atoms with van der Waals surface area (Å²) in [6.45, 7) is 3.94. The summed E-state index contributed by atoms with van der Waals surface area (Å²) in [5, 5.41) is 9.23. The second-order valence-electron chi connectivity index (χ2n) is 5.75. The van der Waals surface area contributed by atoms with E-state index in [-0.39, 0.29) is 24.0 Å². The highest BCUT2D eigenvalue weighted by molar-refractivity contribution is 5.89. The van der Waals surface area contributed by atoms with Crippen molar-refractivity contribution >= 4 is 5.91 Å². The topological polar surface area (TPSA) is 40.5 Å². The number of carbonyl (C=O) groups excluding carboxylic acids is 1. The van der Waals surface area contributed by atoms with Gasteiger partial charge in [0.15, 0.2) is 0 Å². The average Bonchev–Trinajstić information content (AvgIpc) is 2.35. The predicted molar refractivity (Wildman–Crippen MR) is 76.0 cm³/mol. The third kappa shape index (κ3) is 2.39. The Balaban J connectivity index is 2.30. The van der Waals surface area contributed by atoms with E-state index in [1.807, 2.05) is 13.0 Å². The quantitative estimate of drug-likeness (QED) is 0.903. The zero-order valence-electron chi connectivity index (χ0n) is 12.0. The Morgan fingerprint density at radius 1 is 1.47 bits per heavy atom. The third-order valence-electron chi connectivity index (χ3n) is 4.43. The van der Waals surface area contributed by atoms with Gasteiger partial charge in [0, 0.05) is 7.05 Å². The van der Waals surface area contributed by atoms with Gasteiger partial charge in [-0.05, 0) is 32.3 Å². The molecular weight excluding hydrogens is 238 g/mol. The van der Waals surface area contributed by atoms with Crippen molar-refractivity contribution in [3.63, 3.8) is 0 Å². The van der Waals surface area contributed by atoms with Crippen molar-refractivity contribution in [3.8, 4) is 0 Å². The molecular formula is C16H23NO2. The Kier molecular flexibility index (Phi) is 3.95. The van der Waals surface area contributed by atoms with Crippen molar-refractivity contribution < 1.29 is 9.90 Å². The minimum atomic E-state index is -0.357. The van der Waals surface area contributed by atoms with Crippen molar-refractivity contribution in [2.45, 2.75) is 44.6 Å². The largest absolute Gasteiger partial charge is 0.394 e. The minimum absolute atomic E-state index is 0.00609. The highest BCUT2D eigenvalue weighted by Gasteiger charge is 2.47. The SMILES string of the molecule is Cc1cccc(C2(C(=O)N(C)C(C)CO)CCC2)c1. The van der Waals surface area contributed by atoms with E-state index in [9.17, 15) is 9.90 Å². The van der Waals surface area contributed by atoms with Gasteiger partial charge in [-0.25, -0.2) is 0 Å². The van der Waals surface area contributed by atoms with Crippen LogP contribution in [0.4, 0.5) is 0 Å². The molecule has 1 atom stereocenters. The van der Waals surface area contributed by atoms with Gasteiger partial charge in [0.1, 0.15) is 0 Å². The van der Waals surface area contributed by atoms with Gasteiger partial charge in [-0.15, -0.1) is 0 Å². The number of likely N-dealkylation sites (N-methyl/N-ethyl adjacent to an activating group) is 1. The summed E-state index contributed by atoms with van der Waals surface area (Å²) in [5.74, 6) is 0.144. The zero-order chi connectivity index (χ0) is 14.0. The molecule has 1 unspecified atom stereocenters. The Morgan fingerprint density at radius 3 is 2.63 bits per heavy atom. The highest BCUT2D eigenvalue weighted by Crippen LogP contribution is 2.45. The van der Waals surface area contributed by atoms with E-state index in [0.29, 0.717) is 0 Å². The standard InChI is InChI=1S/C16H23NO2/c1-12-6-4-7-14(10-12)16(8-5-9-16)15(19)17(3)13(2)11-18/h4,6-7,10,13,18H,5,8-9,11H2,1-3H3. The lowest BCUT2D eigenvalue weighted by molar-refractivity contribution is -0.142. The summed E-state index contributed by atoms with van der Waals surface area (Å²) >= 11 is 0. The van der Waals surface area contributed by atoms with E-state index in [1.54, 1.807) is 11.9 Å². The summed E-state index contributed by atoms with van der Waals surface area (Å²) in [4.78, 5) is 14.5. The number of aryl methyl sites for hydroxylation is 1. The van der Waals surface area contributed by atoms with Crippen LogP contribution >= 0.6 is 0 Å². The smallest absolute Gasteiger partial charge is 0.233 e. The molecule has 0 spiro atoms. The Morgan fingerprint density at radius 2 is 2.16 bits per heavy atom. The van der Waals surface area contributed by atoms with Crippen LogP contribution in [0.2, 0.25) is 0 Å². The molecule has 1 aromatic rings. The van der Waals surface area contributed by atoms with Gasteiger partial charge in [-0.2, -0.15) is 0 Å². The number of aliphatic hydroxyl groups excluding tert-OH is 1. The molecule has 1 saturated carbocycles. The van der Waals surface area contributed by atoms with Crippen LogP contribution in [0.1, 0.15) is 37.3 Å². The molecule has 3 heteroatoms. The minimum Gasteiger partial charge on any atom is -0.394 e. The van der Waals surface area contributed by atoms with Crippen LogP contribution in [0.15, 0.2) is 24.3 Å². The molecule has 104 valence electrons. The van der Waals surface area contributed by atoms with Gasteiger partial charge >= 0.3 is 0 Å². The maximum absolute atomic E-state index is 12.8. The van der Waals surface area contributed by atoms with Crippen LogP contribution in [0.5, 0.6) is 0 Å². The molecule has 1 aromatic carbocycles. The lowest BCUT2D eigenvalue weighted by Crippen LogP contribution is -2.52. The van der Waals surface area contributed by atoms with Gasteiger partial charge in [-0.3, -0.25) is 4.79 Å². The first-order valence-corrected chi connectivity index (χ1v) is 6.96. The molecule has 19 heavy (non-hydrogen) atoms. The van der Waals surface area contributed by atoms with Crippen LogP contribution in [0.3, 0.4) is 0 Å². The molecule has 1 N–H and O–H groups in total. The molecule has 1 amide bonds. The fourth-order valence-electron chi connectivity index (χ4n) is 2.76. The summed E-state index contributed by atoms with van der Waals surface area (Å²) in [6.07, 6.45) is 2.93. The molecule has 0 aromatic heterocycles. The van der Waals surface area contributed by atoms with Crippen molar-refractivity contribution in [1.82, 2.24) is 4.90 Å². The van der Waals surface area contributed by atoms with Crippen LogP contribution in [-0.4, -0.2) is 35.6 Å². The van der Waals surface area contributed by atoms with Gasteiger partial charge < -0.3 is 10.0 Å². The first-order chi connectivity index (χ1) is 9.01. The molecule has 0 aliphatic heterocycles. The van der Waals surface area contributed by atoms with E-state index < -0.39 is 0 Å². The Bertz CT molecular complexity index is 466. The summed E-state index contributed by atoms with van der Waals surface area (Å²) in [7, 11) is 1.79. The Hall–Kier alpha value is -1.35. The van der Waals surface area contributed by atoms with Gasteiger partial charge in [-0.1, -0.05) is 36.2 Å². The molecule has 2 rings (SSSR count). The first-order valence-electron chi connectivity index (χ1n) is 6.96. The Labute approximate surface area is 115 Å². The second kappa shape index (κ2) is 5.33. The molecule has 1 aliphatic carbocycles.